The van der Waals surface area contributed by atoms with Crippen LogP contribution < -0.4 is 0 Å². The smallest absolute Gasteiger partial charge is 0.138 e. The fourth-order valence-electron chi connectivity index (χ4n) is 1.37. The zero-order valence-corrected chi connectivity index (χ0v) is 8.22. The molecule has 0 amide bonds. The lowest BCUT2D eigenvalue weighted by Gasteiger charge is -2.28. The maximum absolute atomic E-state index is 11.5. The second kappa shape index (κ2) is 3.56. The maximum Gasteiger partial charge on any atom is 0.138 e. The molecule has 1 aliphatic rings. The van der Waals surface area contributed by atoms with Crippen molar-refractivity contribution in [1.29, 1.82) is 0 Å². The lowest BCUT2D eigenvalue weighted by Crippen LogP contribution is -2.32. The molecule has 0 spiro atoms. The van der Waals surface area contributed by atoms with Gasteiger partial charge in [-0.3, -0.25) is 4.79 Å². The molecular weight excluding hydrogens is 152 g/mol. The molecule has 1 aliphatic carbocycles. The Balaban J connectivity index is 2.34. The molecule has 0 saturated heterocycles. The first-order valence-electron chi connectivity index (χ1n) is 4.63. The summed E-state index contributed by atoms with van der Waals surface area (Å²) < 4.78 is 5.21. The van der Waals surface area contributed by atoms with E-state index in [0.29, 0.717) is 18.1 Å². The molecule has 0 aliphatic heterocycles. The highest BCUT2D eigenvalue weighted by Crippen LogP contribution is 2.30. The molecule has 2 nitrogen and oxygen atoms in total. The first kappa shape index (κ1) is 9.72. The molecular formula is C10H18O2. The monoisotopic (exact) mass is 170 g/mol. The molecule has 0 atom stereocenters. The molecule has 0 aromatic heterocycles. The highest BCUT2D eigenvalue weighted by atomic mass is 16.5. The van der Waals surface area contributed by atoms with E-state index < -0.39 is 0 Å². The van der Waals surface area contributed by atoms with Crippen molar-refractivity contribution in [2.24, 2.45) is 5.92 Å². The minimum absolute atomic E-state index is 0.271. The highest BCUT2D eigenvalue weighted by molar-refractivity contribution is 5.82. The Morgan fingerprint density at radius 2 is 2.08 bits per heavy atom. The van der Waals surface area contributed by atoms with Crippen molar-refractivity contribution >= 4 is 5.78 Å². The van der Waals surface area contributed by atoms with Gasteiger partial charge in [0, 0.05) is 19.4 Å². The summed E-state index contributed by atoms with van der Waals surface area (Å²) in [5.74, 6) is 0.729. The number of ether oxygens (including phenoxy) is 1. The van der Waals surface area contributed by atoms with Crippen molar-refractivity contribution in [2.45, 2.75) is 45.1 Å². The van der Waals surface area contributed by atoms with Crippen molar-refractivity contribution < 1.29 is 9.53 Å². The van der Waals surface area contributed by atoms with E-state index in [4.69, 9.17) is 4.74 Å². The van der Waals surface area contributed by atoms with Crippen LogP contribution in [-0.4, -0.2) is 18.5 Å². The number of hydrogen-bond acceptors (Lipinski definition) is 2. The van der Waals surface area contributed by atoms with E-state index in [1.165, 1.54) is 6.42 Å². The zero-order chi connectivity index (χ0) is 9.19. The quantitative estimate of drug-likeness (QED) is 0.646. The van der Waals surface area contributed by atoms with Crippen LogP contribution in [0.4, 0.5) is 0 Å². The fourth-order valence-corrected chi connectivity index (χ4v) is 1.37. The Morgan fingerprint density at radius 3 is 2.42 bits per heavy atom. The van der Waals surface area contributed by atoms with Gasteiger partial charge in [-0.2, -0.15) is 0 Å². The van der Waals surface area contributed by atoms with Crippen LogP contribution in [0.1, 0.15) is 39.5 Å². The van der Waals surface area contributed by atoms with Gasteiger partial charge in [0.2, 0.25) is 0 Å². The summed E-state index contributed by atoms with van der Waals surface area (Å²) in [4.78, 5) is 11.5. The molecule has 0 N–H and O–H groups in total. The molecule has 0 unspecified atom stereocenters. The maximum atomic E-state index is 11.5. The topological polar surface area (TPSA) is 26.3 Å². The third-order valence-electron chi connectivity index (χ3n) is 2.71. The van der Waals surface area contributed by atoms with Gasteiger partial charge < -0.3 is 4.74 Å². The van der Waals surface area contributed by atoms with Crippen molar-refractivity contribution in [3.8, 4) is 0 Å². The van der Waals surface area contributed by atoms with Gasteiger partial charge in [-0.05, 0) is 26.7 Å². The van der Waals surface area contributed by atoms with Gasteiger partial charge in [0.1, 0.15) is 5.78 Å². The molecule has 0 heterocycles. The number of carbonyl (C=O) groups is 1. The first-order valence-corrected chi connectivity index (χ1v) is 4.63. The Bertz CT molecular complexity index is 169. The van der Waals surface area contributed by atoms with Gasteiger partial charge in [-0.15, -0.1) is 0 Å². The van der Waals surface area contributed by atoms with Crippen molar-refractivity contribution in [2.75, 3.05) is 7.11 Å². The molecule has 1 rings (SSSR count). The average Bonchev–Trinajstić information content (AvgIpc) is 1.82. The summed E-state index contributed by atoms with van der Waals surface area (Å²) in [5, 5.41) is 0. The molecule has 2 heteroatoms. The lowest BCUT2D eigenvalue weighted by atomic mass is 9.79. The Kier molecular flexibility index (Phi) is 2.89. The molecule has 12 heavy (non-hydrogen) atoms. The number of ketones is 1. The predicted octanol–water partition coefficient (Wildman–Crippen LogP) is 2.17. The molecule has 0 aromatic rings. The van der Waals surface area contributed by atoms with Crippen LogP contribution in [0.3, 0.4) is 0 Å². The Morgan fingerprint density at radius 1 is 1.50 bits per heavy atom. The molecule has 0 aromatic carbocycles. The van der Waals surface area contributed by atoms with E-state index in [1.807, 2.05) is 13.8 Å². The van der Waals surface area contributed by atoms with Crippen LogP contribution in [0.25, 0.3) is 0 Å². The predicted molar refractivity (Wildman–Crippen MR) is 48.1 cm³/mol. The fraction of sp³-hybridized carbons (Fsp3) is 0.900. The van der Waals surface area contributed by atoms with Gasteiger partial charge in [0.15, 0.2) is 0 Å². The van der Waals surface area contributed by atoms with Gasteiger partial charge >= 0.3 is 0 Å². The zero-order valence-electron chi connectivity index (χ0n) is 8.22. The van der Waals surface area contributed by atoms with Crippen molar-refractivity contribution in [1.82, 2.24) is 0 Å². The van der Waals surface area contributed by atoms with Crippen LogP contribution >= 0.6 is 0 Å². The van der Waals surface area contributed by atoms with Gasteiger partial charge in [0.05, 0.1) is 5.60 Å². The summed E-state index contributed by atoms with van der Waals surface area (Å²) >= 11 is 0. The number of rotatable bonds is 4. The summed E-state index contributed by atoms with van der Waals surface area (Å²) in [6.07, 6.45) is 3.98. The highest BCUT2D eigenvalue weighted by Gasteiger charge is 2.30. The molecule has 1 saturated carbocycles. The first-order chi connectivity index (χ1) is 5.55. The van der Waals surface area contributed by atoms with Crippen LogP contribution in [0, 0.1) is 5.92 Å². The molecule has 0 radical (unpaired) electrons. The van der Waals surface area contributed by atoms with E-state index in [0.717, 1.165) is 12.8 Å². The van der Waals surface area contributed by atoms with Crippen LogP contribution in [0.5, 0.6) is 0 Å². The van der Waals surface area contributed by atoms with Gasteiger partial charge in [-0.1, -0.05) is 6.42 Å². The van der Waals surface area contributed by atoms with Crippen molar-refractivity contribution in [3.05, 3.63) is 0 Å². The summed E-state index contributed by atoms with van der Waals surface area (Å²) in [6, 6.07) is 0. The SMILES string of the molecule is COC(C)(C)CC(=O)C1CCC1. The summed E-state index contributed by atoms with van der Waals surface area (Å²) in [5.41, 5.74) is -0.271. The van der Waals surface area contributed by atoms with E-state index in [-0.39, 0.29) is 5.60 Å². The molecule has 70 valence electrons. The second-order valence-electron chi connectivity index (χ2n) is 4.23. The normalized spacial score (nSPS) is 18.9. The van der Waals surface area contributed by atoms with E-state index in [9.17, 15) is 4.79 Å². The number of Topliss-reactive ketones (excluding diaryl/α,β-unsaturated/α-hetero) is 1. The van der Waals surface area contributed by atoms with E-state index >= 15 is 0 Å². The van der Waals surface area contributed by atoms with E-state index in [1.54, 1.807) is 7.11 Å². The lowest BCUT2D eigenvalue weighted by molar-refractivity contribution is -0.130. The Hall–Kier alpha value is -0.370. The van der Waals surface area contributed by atoms with Gasteiger partial charge in [0.25, 0.3) is 0 Å². The number of methoxy groups -OCH3 is 1. The largest absolute Gasteiger partial charge is 0.378 e. The number of carbonyl (C=O) groups excluding carboxylic acids is 1. The third kappa shape index (κ3) is 2.31. The standard InChI is InChI=1S/C10H18O2/c1-10(2,12-3)7-9(11)8-5-4-6-8/h8H,4-7H2,1-3H3. The third-order valence-corrected chi connectivity index (χ3v) is 2.71. The summed E-state index contributed by atoms with van der Waals surface area (Å²) in [6.45, 7) is 3.92. The van der Waals surface area contributed by atoms with Crippen LogP contribution in [0.2, 0.25) is 0 Å². The van der Waals surface area contributed by atoms with Crippen LogP contribution in [-0.2, 0) is 9.53 Å². The van der Waals surface area contributed by atoms with Crippen molar-refractivity contribution in [3.63, 3.8) is 0 Å². The average molecular weight is 170 g/mol. The minimum Gasteiger partial charge on any atom is -0.378 e. The molecule has 0 bridgehead atoms. The van der Waals surface area contributed by atoms with E-state index in [2.05, 4.69) is 0 Å². The molecule has 1 fully saturated rings. The summed E-state index contributed by atoms with van der Waals surface area (Å²) in [7, 11) is 1.66. The second-order valence-corrected chi connectivity index (χ2v) is 4.23. The van der Waals surface area contributed by atoms with Gasteiger partial charge in [-0.25, -0.2) is 0 Å². The Labute approximate surface area is 74.3 Å². The number of hydrogen-bond donors (Lipinski definition) is 0. The minimum atomic E-state index is -0.271. The van der Waals surface area contributed by atoms with Crippen LogP contribution in [0.15, 0.2) is 0 Å².